The van der Waals surface area contributed by atoms with Crippen LogP contribution in [0.1, 0.15) is 29.7 Å². The molecule has 0 radical (unpaired) electrons. The van der Waals surface area contributed by atoms with Gasteiger partial charge in [-0.15, -0.1) is 0 Å². The first-order valence-electron chi connectivity index (χ1n) is 6.61. The van der Waals surface area contributed by atoms with E-state index in [0.29, 0.717) is 31.1 Å². The number of nitrogens with zero attached hydrogens (tertiary/aromatic N) is 2. The molecule has 0 aliphatic carbocycles. The highest BCUT2D eigenvalue weighted by Gasteiger charge is 2.27. The van der Waals surface area contributed by atoms with Gasteiger partial charge < -0.3 is 19.7 Å². The Hall–Kier alpha value is -1.92. The fraction of sp³-hybridized carbons (Fsp3) is 0.429. The molecule has 0 amide bonds. The molecule has 1 aliphatic rings. The second kappa shape index (κ2) is 5.60. The number of β-amino-alcohol motifs (C(OH)–C–C–N with tert-alkyl or cyclic N) is 1. The van der Waals surface area contributed by atoms with Crippen LogP contribution in [-0.2, 0) is 6.42 Å². The number of nitrogens with one attached hydrogen (secondary N) is 1. The molecule has 1 aliphatic heterocycles. The second-order valence-corrected chi connectivity index (χ2v) is 4.92. The van der Waals surface area contributed by atoms with Crippen molar-refractivity contribution in [3.05, 3.63) is 41.5 Å². The van der Waals surface area contributed by atoms with Gasteiger partial charge in [-0.2, -0.15) is 4.98 Å². The average molecular weight is 275 g/mol. The zero-order valence-electron chi connectivity index (χ0n) is 11.2. The van der Waals surface area contributed by atoms with Gasteiger partial charge in [0.1, 0.15) is 5.75 Å². The smallest absolute Gasteiger partial charge is 0.243 e. The second-order valence-electron chi connectivity index (χ2n) is 4.92. The third-order valence-corrected chi connectivity index (χ3v) is 3.41. The van der Waals surface area contributed by atoms with E-state index in [1.54, 1.807) is 7.11 Å². The van der Waals surface area contributed by atoms with E-state index >= 15 is 0 Å². The Kier molecular flexibility index (Phi) is 3.66. The standard InChI is InChI=1S/C14H17N3O3/c1-19-11-4-2-9(3-5-11)6-13-16-14(20-17-13)12-7-10(18)8-15-12/h2-5,10,12,15,18H,6-8H2,1H3. The van der Waals surface area contributed by atoms with Gasteiger partial charge in [0, 0.05) is 13.0 Å². The van der Waals surface area contributed by atoms with E-state index in [0.717, 1.165) is 11.3 Å². The normalized spacial score (nSPS) is 22.1. The summed E-state index contributed by atoms with van der Waals surface area (Å²) in [5, 5.41) is 16.6. The molecule has 0 saturated carbocycles. The van der Waals surface area contributed by atoms with E-state index in [2.05, 4.69) is 15.5 Å². The minimum absolute atomic E-state index is 0.0397. The van der Waals surface area contributed by atoms with Crippen molar-refractivity contribution in [1.29, 1.82) is 0 Å². The van der Waals surface area contributed by atoms with Gasteiger partial charge in [0.15, 0.2) is 5.82 Å². The van der Waals surface area contributed by atoms with E-state index in [-0.39, 0.29) is 12.1 Å². The zero-order chi connectivity index (χ0) is 13.9. The first-order valence-corrected chi connectivity index (χ1v) is 6.61. The highest BCUT2D eigenvalue weighted by molar-refractivity contribution is 5.28. The van der Waals surface area contributed by atoms with Crippen LogP contribution in [0.25, 0.3) is 0 Å². The summed E-state index contributed by atoms with van der Waals surface area (Å²) in [7, 11) is 1.64. The van der Waals surface area contributed by atoms with E-state index in [1.165, 1.54) is 0 Å². The lowest BCUT2D eigenvalue weighted by Crippen LogP contribution is -2.15. The number of ether oxygens (including phenoxy) is 1. The number of benzene rings is 1. The number of aromatic nitrogens is 2. The van der Waals surface area contributed by atoms with Crippen molar-refractivity contribution in [3.8, 4) is 5.75 Å². The van der Waals surface area contributed by atoms with Crippen LogP contribution < -0.4 is 10.1 Å². The molecule has 1 saturated heterocycles. The SMILES string of the molecule is COc1ccc(Cc2noc(C3CC(O)CN3)n2)cc1. The molecular formula is C14H17N3O3. The number of aliphatic hydroxyl groups is 1. The first-order chi connectivity index (χ1) is 9.74. The summed E-state index contributed by atoms with van der Waals surface area (Å²) < 4.78 is 10.4. The van der Waals surface area contributed by atoms with Gasteiger partial charge in [-0.25, -0.2) is 0 Å². The summed E-state index contributed by atoms with van der Waals surface area (Å²) in [6, 6.07) is 7.73. The molecule has 1 aromatic heterocycles. The van der Waals surface area contributed by atoms with E-state index in [1.807, 2.05) is 24.3 Å². The van der Waals surface area contributed by atoms with Gasteiger partial charge in [-0.05, 0) is 24.1 Å². The molecule has 2 atom stereocenters. The summed E-state index contributed by atoms with van der Waals surface area (Å²) in [5.74, 6) is 2.02. The Morgan fingerprint density at radius 2 is 2.20 bits per heavy atom. The van der Waals surface area contributed by atoms with Crippen molar-refractivity contribution in [1.82, 2.24) is 15.5 Å². The Labute approximate surface area is 116 Å². The van der Waals surface area contributed by atoms with Crippen LogP contribution >= 0.6 is 0 Å². The summed E-state index contributed by atoms with van der Waals surface area (Å²) in [4.78, 5) is 4.38. The molecule has 3 rings (SSSR count). The summed E-state index contributed by atoms with van der Waals surface area (Å²) in [6.45, 7) is 0.570. The van der Waals surface area contributed by atoms with Gasteiger partial charge >= 0.3 is 0 Å². The lowest BCUT2D eigenvalue weighted by Gasteiger charge is -2.02. The highest BCUT2D eigenvalue weighted by atomic mass is 16.5. The van der Waals surface area contributed by atoms with Crippen molar-refractivity contribution in [2.75, 3.05) is 13.7 Å². The number of methoxy groups -OCH3 is 1. The molecule has 106 valence electrons. The Morgan fingerprint density at radius 1 is 1.40 bits per heavy atom. The average Bonchev–Trinajstić information content (AvgIpc) is 3.09. The summed E-state index contributed by atoms with van der Waals surface area (Å²) in [5.41, 5.74) is 1.09. The van der Waals surface area contributed by atoms with Crippen LogP contribution in [0.3, 0.4) is 0 Å². The monoisotopic (exact) mass is 275 g/mol. The molecule has 6 heteroatoms. The van der Waals surface area contributed by atoms with Crippen LogP contribution in [0, 0.1) is 0 Å². The first kappa shape index (κ1) is 13.1. The molecule has 2 unspecified atom stereocenters. The van der Waals surface area contributed by atoms with Gasteiger partial charge in [0.05, 0.1) is 19.3 Å². The summed E-state index contributed by atoms with van der Waals surface area (Å²) >= 11 is 0. The van der Waals surface area contributed by atoms with Crippen LogP contribution in [-0.4, -0.2) is 35.0 Å². The molecule has 20 heavy (non-hydrogen) atoms. The predicted molar refractivity (Wildman–Crippen MR) is 71.5 cm³/mol. The van der Waals surface area contributed by atoms with Gasteiger partial charge in [-0.3, -0.25) is 0 Å². The topological polar surface area (TPSA) is 80.4 Å². The molecule has 2 N–H and O–H groups in total. The van der Waals surface area contributed by atoms with E-state index in [9.17, 15) is 5.11 Å². The summed E-state index contributed by atoms with van der Waals surface area (Å²) in [6.07, 6.45) is 0.893. The fourth-order valence-corrected chi connectivity index (χ4v) is 2.31. The predicted octanol–water partition coefficient (Wildman–Crippen LogP) is 1.06. The van der Waals surface area contributed by atoms with E-state index < -0.39 is 0 Å². The minimum Gasteiger partial charge on any atom is -0.497 e. The van der Waals surface area contributed by atoms with Crippen LogP contribution in [0.5, 0.6) is 5.75 Å². The van der Waals surface area contributed by atoms with Crippen LogP contribution in [0.4, 0.5) is 0 Å². The molecule has 2 aromatic rings. The largest absolute Gasteiger partial charge is 0.497 e. The molecule has 0 bridgehead atoms. The molecule has 0 spiro atoms. The molecular weight excluding hydrogens is 258 g/mol. The maximum absolute atomic E-state index is 9.49. The Morgan fingerprint density at radius 3 is 2.85 bits per heavy atom. The Bertz CT molecular complexity index is 567. The minimum atomic E-state index is -0.336. The van der Waals surface area contributed by atoms with Gasteiger partial charge in [-0.1, -0.05) is 17.3 Å². The zero-order valence-corrected chi connectivity index (χ0v) is 11.2. The van der Waals surface area contributed by atoms with Crippen molar-refractivity contribution < 1.29 is 14.4 Å². The lowest BCUT2D eigenvalue weighted by molar-refractivity contribution is 0.191. The Balaban J connectivity index is 1.67. The third kappa shape index (κ3) is 2.81. The van der Waals surface area contributed by atoms with Crippen molar-refractivity contribution in [3.63, 3.8) is 0 Å². The molecule has 1 fully saturated rings. The molecule has 6 nitrogen and oxygen atoms in total. The van der Waals surface area contributed by atoms with Crippen molar-refractivity contribution in [2.24, 2.45) is 0 Å². The number of rotatable bonds is 4. The molecule has 2 heterocycles. The van der Waals surface area contributed by atoms with Crippen molar-refractivity contribution >= 4 is 0 Å². The third-order valence-electron chi connectivity index (χ3n) is 3.41. The number of hydrogen-bond acceptors (Lipinski definition) is 6. The molecule has 1 aromatic carbocycles. The fourth-order valence-electron chi connectivity index (χ4n) is 2.31. The van der Waals surface area contributed by atoms with Crippen LogP contribution in [0.15, 0.2) is 28.8 Å². The maximum Gasteiger partial charge on any atom is 0.243 e. The van der Waals surface area contributed by atoms with Crippen LogP contribution in [0.2, 0.25) is 0 Å². The number of aliphatic hydroxyl groups excluding tert-OH is 1. The quantitative estimate of drug-likeness (QED) is 0.868. The van der Waals surface area contributed by atoms with Gasteiger partial charge in [0.2, 0.25) is 5.89 Å². The van der Waals surface area contributed by atoms with Crippen molar-refractivity contribution in [2.45, 2.75) is 25.0 Å². The highest BCUT2D eigenvalue weighted by Crippen LogP contribution is 2.22. The number of hydrogen-bond donors (Lipinski definition) is 2. The van der Waals surface area contributed by atoms with E-state index in [4.69, 9.17) is 9.26 Å². The van der Waals surface area contributed by atoms with Gasteiger partial charge in [0.25, 0.3) is 0 Å². The maximum atomic E-state index is 9.49. The lowest BCUT2D eigenvalue weighted by atomic mass is 10.1.